The Morgan fingerprint density at radius 2 is 2.04 bits per heavy atom. The van der Waals surface area contributed by atoms with Crippen LogP contribution < -0.4 is 15.4 Å². The van der Waals surface area contributed by atoms with E-state index < -0.39 is 11.9 Å². The highest BCUT2D eigenvalue weighted by Gasteiger charge is 2.17. The number of hydrogen-bond donors (Lipinski definition) is 2. The van der Waals surface area contributed by atoms with E-state index in [2.05, 4.69) is 15.6 Å². The Hall–Kier alpha value is -2.60. The van der Waals surface area contributed by atoms with Crippen molar-refractivity contribution in [3.05, 3.63) is 58.7 Å². The highest BCUT2D eigenvalue weighted by atomic mass is 35.5. The van der Waals surface area contributed by atoms with Gasteiger partial charge in [0.15, 0.2) is 0 Å². The first-order chi connectivity index (χ1) is 11.5. The van der Waals surface area contributed by atoms with Crippen molar-refractivity contribution >= 4 is 23.4 Å². The summed E-state index contributed by atoms with van der Waals surface area (Å²) in [6.07, 6.45) is 1.60. The van der Waals surface area contributed by atoms with Crippen LogP contribution in [0, 0.1) is 0 Å². The maximum Gasteiger partial charge on any atom is 0.253 e. The van der Waals surface area contributed by atoms with Gasteiger partial charge in [-0.05, 0) is 30.7 Å². The third-order valence-corrected chi connectivity index (χ3v) is 3.66. The topological polar surface area (TPSA) is 80.3 Å². The van der Waals surface area contributed by atoms with E-state index in [0.29, 0.717) is 23.0 Å². The molecule has 1 atom stereocenters. The van der Waals surface area contributed by atoms with Crippen LogP contribution in [-0.2, 0) is 11.3 Å². The number of benzene rings is 1. The number of halogens is 1. The molecule has 2 amide bonds. The van der Waals surface area contributed by atoms with E-state index >= 15 is 0 Å². The molecule has 24 heavy (non-hydrogen) atoms. The molecule has 1 aromatic carbocycles. The Labute approximate surface area is 145 Å². The summed E-state index contributed by atoms with van der Waals surface area (Å²) in [6.45, 7) is 1.92. The number of pyridine rings is 1. The van der Waals surface area contributed by atoms with E-state index in [1.165, 1.54) is 7.11 Å². The van der Waals surface area contributed by atoms with Crippen molar-refractivity contribution in [2.24, 2.45) is 0 Å². The van der Waals surface area contributed by atoms with Gasteiger partial charge in [0.25, 0.3) is 5.91 Å². The fourth-order valence-corrected chi connectivity index (χ4v) is 2.22. The van der Waals surface area contributed by atoms with Gasteiger partial charge in [-0.2, -0.15) is 0 Å². The molecule has 6 nitrogen and oxygen atoms in total. The quantitative estimate of drug-likeness (QED) is 0.839. The lowest BCUT2D eigenvalue weighted by molar-refractivity contribution is -0.122. The molecular formula is C17H18ClN3O3. The highest BCUT2D eigenvalue weighted by molar-refractivity contribution is 6.33. The predicted molar refractivity (Wildman–Crippen MR) is 91.0 cm³/mol. The minimum absolute atomic E-state index is 0.300. The molecule has 1 aromatic heterocycles. The van der Waals surface area contributed by atoms with Crippen LogP contribution in [-0.4, -0.2) is 29.9 Å². The van der Waals surface area contributed by atoms with Gasteiger partial charge in [-0.3, -0.25) is 9.59 Å². The van der Waals surface area contributed by atoms with Crippen LogP contribution >= 0.6 is 11.6 Å². The van der Waals surface area contributed by atoms with Crippen molar-refractivity contribution in [3.8, 4) is 5.88 Å². The fraction of sp³-hybridized carbons (Fsp3) is 0.235. The zero-order valence-electron chi connectivity index (χ0n) is 13.4. The van der Waals surface area contributed by atoms with Gasteiger partial charge in [0.1, 0.15) is 6.04 Å². The van der Waals surface area contributed by atoms with Crippen LogP contribution in [0.3, 0.4) is 0 Å². The molecule has 0 radical (unpaired) electrons. The van der Waals surface area contributed by atoms with Gasteiger partial charge in [0, 0.05) is 18.8 Å². The summed E-state index contributed by atoms with van der Waals surface area (Å²) in [5.41, 5.74) is 1.18. The van der Waals surface area contributed by atoms with Gasteiger partial charge in [-0.1, -0.05) is 23.7 Å². The van der Waals surface area contributed by atoms with E-state index in [0.717, 1.165) is 5.56 Å². The van der Waals surface area contributed by atoms with E-state index in [-0.39, 0.29) is 5.91 Å². The van der Waals surface area contributed by atoms with Gasteiger partial charge < -0.3 is 15.4 Å². The van der Waals surface area contributed by atoms with Crippen molar-refractivity contribution in [3.63, 3.8) is 0 Å². The minimum Gasteiger partial charge on any atom is -0.481 e. The molecule has 0 saturated heterocycles. The third kappa shape index (κ3) is 4.70. The molecule has 0 saturated carbocycles. The van der Waals surface area contributed by atoms with Crippen LogP contribution in [0.1, 0.15) is 22.8 Å². The molecule has 0 aliphatic heterocycles. The number of aromatic nitrogens is 1. The number of rotatable bonds is 6. The lowest BCUT2D eigenvalue weighted by atomic mass is 10.2. The number of methoxy groups -OCH3 is 1. The average Bonchev–Trinajstić information content (AvgIpc) is 2.60. The zero-order valence-corrected chi connectivity index (χ0v) is 14.1. The van der Waals surface area contributed by atoms with Crippen molar-refractivity contribution < 1.29 is 14.3 Å². The van der Waals surface area contributed by atoms with Gasteiger partial charge in [0.05, 0.1) is 17.7 Å². The molecule has 0 bridgehead atoms. The smallest absolute Gasteiger partial charge is 0.253 e. The standard InChI is InChI=1S/C17H18ClN3O3/c1-11(21-17(23)13-5-3-4-6-14(13)18)16(22)20-10-12-7-8-19-15(9-12)24-2/h3-9,11H,10H2,1-2H3,(H,20,22)(H,21,23). The summed E-state index contributed by atoms with van der Waals surface area (Å²) in [5.74, 6) is -0.221. The molecule has 2 rings (SSSR count). The van der Waals surface area contributed by atoms with Gasteiger partial charge >= 0.3 is 0 Å². The van der Waals surface area contributed by atoms with Crippen molar-refractivity contribution in [1.82, 2.24) is 15.6 Å². The number of hydrogen-bond acceptors (Lipinski definition) is 4. The summed E-state index contributed by atoms with van der Waals surface area (Å²) >= 11 is 5.97. The Balaban J connectivity index is 1.90. The molecule has 0 fully saturated rings. The maximum atomic E-state index is 12.1. The number of carbonyl (C=O) groups excluding carboxylic acids is 2. The average molecular weight is 348 g/mol. The first-order valence-corrected chi connectivity index (χ1v) is 7.71. The number of amides is 2. The zero-order chi connectivity index (χ0) is 17.5. The monoisotopic (exact) mass is 347 g/mol. The number of nitrogens with zero attached hydrogens (tertiary/aromatic N) is 1. The molecule has 1 heterocycles. The lowest BCUT2D eigenvalue weighted by Crippen LogP contribution is -2.44. The Morgan fingerprint density at radius 1 is 1.29 bits per heavy atom. The molecule has 0 aliphatic rings. The second kappa shape index (κ2) is 8.31. The van der Waals surface area contributed by atoms with Crippen LogP contribution in [0.4, 0.5) is 0 Å². The third-order valence-electron chi connectivity index (χ3n) is 3.33. The van der Waals surface area contributed by atoms with Crippen LogP contribution in [0.25, 0.3) is 0 Å². The summed E-state index contributed by atoms with van der Waals surface area (Å²) in [7, 11) is 1.52. The Bertz CT molecular complexity index is 737. The van der Waals surface area contributed by atoms with E-state index in [1.54, 1.807) is 49.5 Å². The maximum absolute atomic E-state index is 12.1. The van der Waals surface area contributed by atoms with Crippen LogP contribution in [0.15, 0.2) is 42.6 Å². The molecule has 1 unspecified atom stereocenters. The molecule has 7 heteroatoms. The van der Waals surface area contributed by atoms with E-state index in [1.807, 2.05) is 0 Å². The van der Waals surface area contributed by atoms with Crippen LogP contribution in [0.2, 0.25) is 5.02 Å². The largest absolute Gasteiger partial charge is 0.481 e. The number of carbonyl (C=O) groups is 2. The summed E-state index contributed by atoms with van der Waals surface area (Å²) in [4.78, 5) is 28.3. The highest BCUT2D eigenvalue weighted by Crippen LogP contribution is 2.14. The van der Waals surface area contributed by atoms with Crippen molar-refractivity contribution in [2.75, 3.05) is 7.11 Å². The summed E-state index contributed by atoms with van der Waals surface area (Å²) in [6, 6.07) is 9.48. The second-order valence-corrected chi connectivity index (χ2v) is 5.51. The van der Waals surface area contributed by atoms with Gasteiger partial charge in [0.2, 0.25) is 11.8 Å². The molecule has 126 valence electrons. The summed E-state index contributed by atoms with van der Waals surface area (Å²) < 4.78 is 5.03. The van der Waals surface area contributed by atoms with Crippen LogP contribution in [0.5, 0.6) is 5.88 Å². The minimum atomic E-state index is -0.697. The first-order valence-electron chi connectivity index (χ1n) is 7.33. The Morgan fingerprint density at radius 3 is 2.75 bits per heavy atom. The Kier molecular flexibility index (Phi) is 6.14. The molecule has 0 spiro atoms. The summed E-state index contributed by atoms with van der Waals surface area (Å²) in [5, 5.41) is 5.71. The van der Waals surface area contributed by atoms with E-state index in [4.69, 9.17) is 16.3 Å². The molecule has 2 N–H and O–H groups in total. The second-order valence-electron chi connectivity index (χ2n) is 5.10. The molecule has 0 aliphatic carbocycles. The number of nitrogens with one attached hydrogen (secondary N) is 2. The first kappa shape index (κ1) is 17.7. The van der Waals surface area contributed by atoms with Crippen molar-refractivity contribution in [1.29, 1.82) is 0 Å². The predicted octanol–water partition coefficient (Wildman–Crippen LogP) is 2.18. The molecular weight excluding hydrogens is 330 g/mol. The van der Waals surface area contributed by atoms with Gasteiger partial charge in [-0.25, -0.2) is 4.98 Å². The SMILES string of the molecule is COc1cc(CNC(=O)C(C)NC(=O)c2ccccc2Cl)ccn1. The number of ether oxygens (including phenoxy) is 1. The fourth-order valence-electron chi connectivity index (χ4n) is 2.00. The normalized spacial score (nSPS) is 11.5. The molecule has 2 aromatic rings. The van der Waals surface area contributed by atoms with Crippen molar-refractivity contribution in [2.45, 2.75) is 19.5 Å². The van der Waals surface area contributed by atoms with E-state index in [9.17, 15) is 9.59 Å². The van der Waals surface area contributed by atoms with Gasteiger partial charge in [-0.15, -0.1) is 0 Å². The lowest BCUT2D eigenvalue weighted by Gasteiger charge is -2.15.